The molecule has 0 N–H and O–H groups in total. The van der Waals surface area contributed by atoms with Gasteiger partial charge in [-0.05, 0) is 134 Å². The molecule has 13 heteroatoms. The Morgan fingerprint density at radius 2 is 0.847 bits per heavy atom. The number of carbonyl (C=O) groups excluding carboxylic acids is 1. The van der Waals surface area contributed by atoms with E-state index in [-0.39, 0.29) is 12.1 Å². The third kappa shape index (κ3) is 18.7. The third-order valence-electron chi connectivity index (χ3n) is 10.3. The van der Waals surface area contributed by atoms with Gasteiger partial charge in [0.1, 0.15) is 23.8 Å². The summed E-state index contributed by atoms with van der Waals surface area (Å²) in [6.07, 6.45) is 2.52. The van der Waals surface area contributed by atoms with Crippen LogP contribution >= 0.6 is 57.5 Å². The van der Waals surface area contributed by atoms with Crippen LogP contribution in [0.3, 0.4) is 0 Å². The molecule has 72 heavy (non-hydrogen) atoms. The molecule has 8 aromatic rings. The number of rotatable bonds is 13. The number of halogens is 3. The van der Waals surface area contributed by atoms with E-state index in [1.165, 1.54) is 31.0 Å². The van der Waals surface area contributed by atoms with Gasteiger partial charge in [0, 0.05) is 48.8 Å². The Kier molecular flexibility index (Phi) is 25.7. The number of alkyl halides is 3. The maximum absolute atomic E-state index is 10.9. The molecule has 0 aliphatic heterocycles. The Hall–Kier alpha value is -7.48. The van der Waals surface area contributed by atoms with Gasteiger partial charge in [-0.1, -0.05) is 153 Å². The molecule has 0 aliphatic rings. The molecule has 0 saturated carbocycles. The van der Waals surface area contributed by atoms with Gasteiger partial charge in [0.25, 0.3) is 6.54 Å². The van der Waals surface area contributed by atoms with Crippen LogP contribution in [-0.4, -0.2) is 41.7 Å². The molecule has 0 bridgehead atoms. The van der Waals surface area contributed by atoms with E-state index >= 15 is 0 Å². The summed E-state index contributed by atoms with van der Waals surface area (Å²) in [5.74, 6) is 0. The summed E-state index contributed by atoms with van der Waals surface area (Å²) in [4.78, 5) is 24.3. The number of hydrogen-bond donors (Lipinski definition) is 0. The molecule has 0 amide bonds. The zero-order chi connectivity index (χ0) is 51.9. The minimum atomic E-state index is -0.750. The predicted molar refractivity (Wildman–Crippen MR) is 305 cm³/mol. The highest BCUT2D eigenvalue weighted by atomic mass is 35.6. The monoisotopic (exact) mass is 1040 g/mol. The van der Waals surface area contributed by atoms with Gasteiger partial charge < -0.3 is 19.5 Å². The molecular weight excluding hydrogens is 993 g/mol. The normalized spacial score (nSPS) is 9.72. The first-order valence-corrected chi connectivity index (χ1v) is 25.6. The van der Waals surface area contributed by atoms with Gasteiger partial charge in [-0.2, -0.15) is 15.8 Å². The lowest BCUT2D eigenvalue weighted by atomic mass is 10.1. The van der Waals surface area contributed by atoms with Gasteiger partial charge in [0.2, 0.25) is 0 Å². The lowest BCUT2D eigenvalue weighted by Crippen LogP contribution is -2.21. The van der Waals surface area contributed by atoms with Crippen LogP contribution in [0.4, 0.5) is 34.1 Å². The van der Waals surface area contributed by atoms with Crippen LogP contribution in [0.15, 0.2) is 200 Å². The van der Waals surface area contributed by atoms with E-state index in [0.717, 1.165) is 71.0 Å². The fourth-order valence-electron chi connectivity index (χ4n) is 6.85. The zero-order valence-electron chi connectivity index (χ0n) is 40.0. The van der Waals surface area contributed by atoms with Crippen molar-refractivity contribution in [3.63, 3.8) is 0 Å². The summed E-state index contributed by atoms with van der Waals surface area (Å²) in [6, 6.07) is 71.4. The molecule has 2 aromatic heterocycles. The quantitative estimate of drug-likeness (QED) is 0.0373. The number of para-hydroxylation sites is 4. The molecule has 0 atom stereocenters. The number of hydrogen-bond acceptors (Lipinski definition) is 9. The van der Waals surface area contributed by atoms with Crippen molar-refractivity contribution in [3.05, 3.63) is 221 Å². The number of allylic oxidation sites excluding steroid dienone is 1. The molecule has 0 fully saturated rings. The fraction of sp³-hybridized carbons (Fsp3) is 0.136. The fourth-order valence-corrected chi connectivity index (χ4v) is 8.63. The lowest BCUT2D eigenvalue weighted by Gasteiger charge is -2.25. The van der Waals surface area contributed by atoms with Crippen LogP contribution in [0.1, 0.15) is 35.3 Å². The number of thiophene rings is 2. The van der Waals surface area contributed by atoms with Gasteiger partial charge in [-0.25, -0.2) is 6.57 Å². The zero-order valence-corrected chi connectivity index (χ0v) is 43.9. The van der Waals surface area contributed by atoms with Gasteiger partial charge in [0.15, 0.2) is 10.6 Å². The average molecular weight is 1050 g/mol. The second-order valence-corrected chi connectivity index (χ2v) is 19.0. The van der Waals surface area contributed by atoms with Crippen molar-refractivity contribution in [1.82, 2.24) is 4.90 Å². The van der Waals surface area contributed by atoms with Gasteiger partial charge in [-0.3, -0.25) is 4.79 Å². The molecule has 8 nitrogen and oxygen atoms in total. The number of benzene rings is 6. The smallest absolute Gasteiger partial charge is 0.298 e. The molecule has 2 heterocycles. The van der Waals surface area contributed by atoms with Gasteiger partial charge >= 0.3 is 0 Å². The van der Waals surface area contributed by atoms with Crippen LogP contribution in [0.5, 0.6) is 0 Å². The minimum absolute atomic E-state index is 0.0139. The Morgan fingerprint density at radius 3 is 1.10 bits per heavy atom. The van der Waals surface area contributed by atoms with Crippen molar-refractivity contribution in [2.75, 3.05) is 36.0 Å². The first-order valence-electron chi connectivity index (χ1n) is 22.7. The standard InChI is InChI=1S/C26H17N3S.C23H17NOS.C6H15N.C3H2N2.CHCl3/c27-18-20(19-28)17-25-15-16-26(30-25)21-11-13-24(14-12-21)29(22-7-3-1-4-8-22)23-9-5-2-6-10-23;25-17-22-15-16-23(26-22)18-11-13-21(14-12-18)24(19-7-3-1-4-8-19)20-9-5-2-6-10-20;1-4-7(5-2)6-3;1-5-3-2-4;2-1(3)4/h1-17H;1-17H;4-6H2,1-3H3;3H2;1H. The van der Waals surface area contributed by atoms with Crippen LogP contribution in [0.25, 0.3) is 31.8 Å². The highest BCUT2D eigenvalue weighted by Crippen LogP contribution is 2.38. The van der Waals surface area contributed by atoms with Crippen molar-refractivity contribution in [2.24, 2.45) is 0 Å². The SMILES string of the molecule is CCN(CC)CC.ClC(Cl)Cl.N#CC(C#N)=Cc1ccc(-c2ccc(N(c3ccccc3)c3ccccc3)cc2)s1.O=Cc1ccc(-c2ccc(N(c3ccccc3)c3ccccc3)cc2)s1.[C-]#[N+]CC#N. The van der Waals surface area contributed by atoms with Crippen LogP contribution in [0, 0.1) is 40.6 Å². The van der Waals surface area contributed by atoms with Crippen molar-refractivity contribution >= 4 is 104 Å². The van der Waals surface area contributed by atoms with Crippen molar-refractivity contribution < 1.29 is 4.79 Å². The Balaban J connectivity index is 0.000000242. The molecular formula is C59H52Cl3N7OS2. The molecule has 8 rings (SSSR count). The second-order valence-electron chi connectivity index (χ2n) is 14.8. The predicted octanol–water partition coefficient (Wildman–Crippen LogP) is 17.8. The molecule has 0 unspecified atom stereocenters. The number of anilines is 6. The van der Waals surface area contributed by atoms with E-state index in [1.54, 1.807) is 23.5 Å². The van der Waals surface area contributed by atoms with E-state index in [1.807, 2.05) is 109 Å². The van der Waals surface area contributed by atoms with Crippen LogP contribution < -0.4 is 9.80 Å². The van der Waals surface area contributed by atoms with E-state index < -0.39 is 4.30 Å². The summed E-state index contributed by atoms with van der Waals surface area (Å²) < 4.78 is -0.750. The van der Waals surface area contributed by atoms with E-state index in [2.05, 4.69) is 137 Å². The highest BCUT2D eigenvalue weighted by Gasteiger charge is 2.14. The van der Waals surface area contributed by atoms with E-state index in [4.69, 9.17) is 57.2 Å². The second kappa shape index (κ2) is 32.4. The first-order chi connectivity index (χ1) is 35.1. The number of aldehydes is 1. The van der Waals surface area contributed by atoms with Gasteiger partial charge in [-0.15, -0.1) is 22.7 Å². The summed E-state index contributed by atoms with van der Waals surface area (Å²) in [5.41, 5.74) is 8.92. The minimum Gasteiger partial charge on any atom is -0.311 e. The first kappa shape index (κ1) is 57.1. The summed E-state index contributed by atoms with van der Waals surface area (Å²) >= 11 is 17.5. The Labute approximate surface area is 447 Å². The van der Waals surface area contributed by atoms with E-state index in [0.29, 0.717) is 0 Å². The van der Waals surface area contributed by atoms with E-state index in [9.17, 15) is 4.79 Å². The molecule has 0 spiro atoms. The Morgan fingerprint density at radius 1 is 0.528 bits per heavy atom. The summed E-state index contributed by atoms with van der Waals surface area (Å²) in [7, 11) is 0. The summed E-state index contributed by atoms with van der Waals surface area (Å²) in [5, 5.41) is 25.5. The lowest BCUT2D eigenvalue weighted by molar-refractivity contribution is 0.112. The third-order valence-corrected chi connectivity index (χ3v) is 12.4. The molecule has 0 aliphatic carbocycles. The van der Waals surface area contributed by atoms with Crippen LogP contribution in [0.2, 0.25) is 0 Å². The maximum atomic E-state index is 10.9. The van der Waals surface area contributed by atoms with Crippen molar-refractivity contribution in [1.29, 1.82) is 15.8 Å². The number of carbonyl (C=O) groups is 1. The molecule has 362 valence electrons. The Bertz CT molecular complexity index is 2890. The molecule has 0 saturated heterocycles. The topological polar surface area (TPSA) is 103 Å². The molecule has 0 radical (unpaired) electrons. The highest BCUT2D eigenvalue weighted by molar-refractivity contribution is 7.17. The largest absolute Gasteiger partial charge is 0.311 e. The number of nitrogens with zero attached hydrogens (tertiary/aromatic N) is 7. The average Bonchev–Trinajstić information content (AvgIpc) is 4.12. The van der Waals surface area contributed by atoms with Crippen molar-refractivity contribution in [3.8, 4) is 39.1 Å². The molecule has 6 aromatic carbocycles. The van der Waals surface area contributed by atoms with Gasteiger partial charge in [0.05, 0.1) is 4.88 Å². The van der Waals surface area contributed by atoms with Crippen LogP contribution in [-0.2, 0) is 0 Å². The maximum Gasteiger partial charge on any atom is 0.298 e. The summed E-state index contributed by atoms with van der Waals surface area (Å²) in [6.45, 7) is 16.1. The number of nitriles is 3. The van der Waals surface area contributed by atoms with Crippen molar-refractivity contribution in [2.45, 2.75) is 25.1 Å².